The normalized spacial score (nSPS) is 17.2. The summed E-state index contributed by atoms with van der Waals surface area (Å²) < 4.78 is 20.5. The largest absolute Gasteiger partial charge is 0.578 e. The van der Waals surface area contributed by atoms with Gasteiger partial charge in [0.15, 0.2) is 17.4 Å². The number of anilines is 1. The van der Waals surface area contributed by atoms with Crippen molar-refractivity contribution in [2.24, 2.45) is 4.99 Å². The highest BCUT2D eigenvalue weighted by Crippen LogP contribution is 2.41. The summed E-state index contributed by atoms with van der Waals surface area (Å²) in [5.41, 5.74) is 1.25. The van der Waals surface area contributed by atoms with E-state index in [0.29, 0.717) is 16.9 Å². The minimum Gasteiger partial charge on any atom is -0.578 e. The second-order valence-electron chi connectivity index (χ2n) is 8.66. The zero-order valence-corrected chi connectivity index (χ0v) is 18.5. The van der Waals surface area contributed by atoms with Crippen LogP contribution in [0.15, 0.2) is 64.6 Å². The molecule has 0 aliphatic carbocycles. The molecule has 2 aliphatic rings. The predicted octanol–water partition coefficient (Wildman–Crippen LogP) is 2.77. The first-order chi connectivity index (χ1) is 16.4. The number of rotatable bonds is 3. The molecular formula is C25H25FN5O3+. The minimum absolute atomic E-state index is 0.0795. The predicted molar refractivity (Wildman–Crippen MR) is 128 cm³/mol. The number of amidine groups is 1. The van der Waals surface area contributed by atoms with E-state index in [1.807, 2.05) is 12.1 Å². The van der Waals surface area contributed by atoms with Crippen molar-refractivity contribution in [1.29, 1.82) is 5.41 Å². The van der Waals surface area contributed by atoms with Crippen LogP contribution in [0.25, 0.3) is 0 Å². The van der Waals surface area contributed by atoms with Crippen LogP contribution in [0.2, 0.25) is 0 Å². The molecule has 2 aliphatic heterocycles. The quantitative estimate of drug-likeness (QED) is 0.354. The van der Waals surface area contributed by atoms with Gasteiger partial charge in [-0.3, -0.25) is 10.2 Å². The summed E-state index contributed by atoms with van der Waals surface area (Å²) in [5.74, 6) is 0.711. The summed E-state index contributed by atoms with van der Waals surface area (Å²) in [5, 5.41) is 16.2. The number of H-pyrrole nitrogens is 1. The topological polar surface area (TPSA) is 117 Å². The Morgan fingerprint density at radius 1 is 1.15 bits per heavy atom. The molecule has 4 heterocycles. The lowest BCUT2D eigenvalue weighted by atomic mass is 9.83. The Morgan fingerprint density at radius 3 is 2.65 bits per heavy atom. The summed E-state index contributed by atoms with van der Waals surface area (Å²) in [6, 6.07) is 11.5. The van der Waals surface area contributed by atoms with Crippen LogP contribution in [0.3, 0.4) is 0 Å². The Labute approximate surface area is 195 Å². The lowest BCUT2D eigenvalue weighted by molar-refractivity contribution is 0.0184. The molecule has 34 heavy (non-hydrogen) atoms. The number of nitrogens with one attached hydrogen (secondary N) is 2. The van der Waals surface area contributed by atoms with Crippen LogP contribution < -0.4 is 15.2 Å². The summed E-state index contributed by atoms with van der Waals surface area (Å²) in [7, 11) is 0. The first-order valence-electron chi connectivity index (χ1n) is 11.2. The molecule has 5 rings (SSSR count). The lowest BCUT2D eigenvalue weighted by Crippen LogP contribution is -2.50. The molecule has 1 fully saturated rings. The molecule has 0 unspecified atom stereocenters. The highest BCUT2D eigenvalue weighted by atomic mass is 19.1. The van der Waals surface area contributed by atoms with Crippen LogP contribution in [0.5, 0.6) is 5.75 Å². The number of pyridine rings is 2. The van der Waals surface area contributed by atoms with E-state index in [-0.39, 0.29) is 28.7 Å². The second-order valence-corrected chi connectivity index (χ2v) is 8.66. The number of para-hydroxylation sites is 1. The zero-order valence-electron chi connectivity index (χ0n) is 18.5. The molecule has 0 amide bonds. The molecule has 8 nitrogen and oxygen atoms in total. The number of ether oxygens (including phenoxy) is 1. The van der Waals surface area contributed by atoms with Gasteiger partial charge in [-0.2, -0.15) is 0 Å². The number of hydrogen-bond acceptors (Lipinski definition) is 5. The smallest absolute Gasteiger partial charge is 0.367 e. The number of nitrogens with zero attached hydrogens (tertiary/aromatic N) is 3. The average Bonchev–Trinajstić information content (AvgIpc) is 2.86. The maximum absolute atomic E-state index is 14.2. The molecule has 174 valence electrons. The number of aryl methyl sites for hydroxylation is 1. The molecule has 1 saturated heterocycles. The summed E-state index contributed by atoms with van der Waals surface area (Å²) in [6.07, 6.45) is 6.24. The fourth-order valence-electron chi connectivity index (χ4n) is 4.50. The molecule has 1 spiro atoms. The lowest BCUT2D eigenvalue weighted by Gasteiger charge is -2.45. The molecule has 4 N–H and O–H groups in total. The number of aromatic amines is 1. The molecule has 0 saturated carbocycles. The van der Waals surface area contributed by atoms with Crippen molar-refractivity contribution in [2.75, 3.05) is 18.0 Å². The third-order valence-electron chi connectivity index (χ3n) is 6.52. The van der Waals surface area contributed by atoms with E-state index in [0.717, 1.165) is 50.2 Å². The van der Waals surface area contributed by atoms with Gasteiger partial charge in [0.1, 0.15) is 17.0 Å². The van der Waals surface area contributed by atoms with E-state index in [9.17, 15) is 9.18 Å². The highest BCUT2D eigenvalue weighted by molar-refractivity contribution is 6.07. The van der Waals surface area contributed by atoms with Crippen molar-refractivity contribution in [1.82, 2.24) is 9.97 Å². The fourth-order valence-corrected chi connectivity index (χ4v) is 4.50. The van der Waals surface area contributed by atoms with Gasteiger partial charge in [0.25, 0.3) is 0 Å². The Bertz CT molecular complexity index is 1290. The molecule has 0 radical (unpaired) electrons. The summed E-state index contributed by atoms with van der Waals surface area (Å²) in [4.78, 5) is 24.3. The summed E-state index contributed by atoms with van der Waals surface area (Å²) >= 11 is 0. The van der Waals surface area contributed by atoms with Crippen LogP contribution in [0.4, 0.5) is 10.2 Å². The Morgan fingerprint density at radius 2 is 1.94 bits per heavy atom. The number of halogens is 1. The number of benzene rings is 1. The SMILES string of the molecule is N=C(N=C([OH2+])c1ccc(=O)[nH]c1)c1ccc(N2CCC3(CCc4cccc(F)c4O3)CC2)nc1. The molecule has 3 aromatic rings. The highest BCUT2D eigenvalue weighted by Gasteiger charge is 2.40. The third kappa shape index (κ3) is 4.28. The molecule has 2 aromatic heterocycles. The number of aliphatic imine (C=N–C) groups is 1. The van der Waals surface area contributed by atoms with Gasteiger partial charge in [-0.1, -0.05) is 12.1 Å². The molecule has 0 bridgehead atoms. The van der Waals surface area contributed by atoms with Gasteiger partial charge < -0.3 is 19.7 Å². The van der Waals surface area contributed by atoms with Crippen LogP contribution in [0, 0.1) is 11.2 Å². The van der Waals surface area contributed by atoms with Crippen LogP contribution in [0.1, 0.15) is 36.0 Å². The number of piperidine rings is 1. The van der Waals surface area contributed by atoms with Gasteiger partial charge in [0.05, 0.1) is 0 Å². The van der Waals surface area contributed by atoms with Crippen LogP contribution in [-0.2, 0) is 6.42 Å². The van der Waals surface area contributed by atoms with Crippen molar-refractivity contribution in [2.45, 2.75) is 31.3 Å². The third-order valence-corrected chi connectivity index (χ3v) is 6.52. The Balaban J connectivity index is 1.23. The van der Waals surface area contributed by atoms with Gasteiger partial charge in [0.2, 0.25) is 5.56 Å². The maximum Gasteiger partial charge on any atom is 0.367 e. The number of hydrogen-bond donors (Lipinski definition) is 2. The van der Waals surface area contributed by atoms with Crippen LogP contribution >= 0.6 is 0 Å². The van der Waals surface area contributed by atoms with Gasteiger partial charge in [0, 0.05) is 50.0 Å². The second kappa shape index (κ2) is 8.74. The van der Waals surface area contributed by atoms with Crippen molar-refractivity contribution < 1.29 is 14.2 Å². The van der Waals surface area contributed by atoms with E-state index in [4.69, 9.17) is 15.3 Å². The summed E-state index contributed by atoms with van der Waals surface area (Å²) in [6.45, 7) is 1.49. The van der Waals surface area contributed by atoms with E-state index in [1.165, 1.54) is 24.4 Å². The van der Waals surface area contributed by atoms with Crippen molar-refractivity contribution in [3.8, 4) is 5.75 Å². The van der Waals surface area contributed by atoms with Gasteiger partial charge >= 0.3 is 5.90 Å². The van der Waals surface area contributed by atoms with E-state index in [2.05, 4.69) is 19.9 Å². The van der Waals surface area contributed by atoms with Gasteiger partial charge in [-0.15, -0.1) is 4.99 Å². The minimum atomic E-state index is -0.339. The molecule has 9 heteroatoms. The maximum atomic E-state index is 14.2. The van der Waals surface area contributed by atoms with Crippen molar-refractivity contribution in [3.63, 3.8) is 0 Å². The standard InChI is InChI=1S/C25H24FN5O3/c26-19-3-1-2-16-8-9-25(34-22(16)19)10-12-31(13-11-25)20-6-4-17(14-28-20)23(27)30-24(33)18-5-7-21(32)29-15-18/h1-7,14-15H,8-13H2,(H,29,32)(H2,27,30,33)/p+1. The zero-order chi connectivity index (χ0) is 23.7. The molecule has 0 atom stereocenters. The van der Waals surface area contributed by atoms with E-state index >= 15 is 0 Å². The van der Waals surface area contributed by atoms with E-state index in [1.54, 1.807) is 18.3 Å². The first kappa shape index (κ1) is 21.8. The van der Waals surface area contributed by atoms with Crippen molar-refractivity contribution in [3.05, 3.63) is 87.7 Å². The Kier molecular flexibility index (Phi) is 5.61. The van der Waals surface area contributed by atoms with Gasteiger partial charge in [-0.25, -0.2) is 9.37 Å². The number of aromatic nitrogens is 2. The van der Waals surface area contributed by atoms with Crippen molar-refractivity contribution >= 4 is 17.6 Å². The van der Waals surface area contributed by atoms with Crippen LogP contribution in [-0.4, -0.2) is 45.5 Å². The first-order valence-corrected chi connectivity index (χ1v) is 11.2. The number of fused-ring (bicyclic) bond motifs is 1. The fraction of sp³-hybridized carbons (Fsp3) is 0.280. The van der Waals surface area contributed by atoms with E-state index < -0.39 is 0 Å². The Hall–Kier alpha value is -4.01. The molecule has 1 aromatic carbocycles. The van der Waals surface area contributed by atoms with Gasteiger partial charge in [-0.05, 0) is 42.7 Å². The average molecular weight is 463 g/mol. The monoisotopic (exact) mass is 462 g/mol. The molecular weight excluding hydrogens is 437 g/mol.